The Morgan fingerprint density at radius 3 is 2.41 bits per heavy atom. The van der Waals surface area contributed by atoms with Crippen LogP contribution < -0.4 is 5.32 Å². The molecule has 17 heavy (non-hydrogen) atoms. The summed E-state index contributed by atoms with van der Waals surface area (Å²) in [6.45, 7) is 6.36. The zero-order chi connectivity index (χ0) is 12.8. The number of nitrogens with one attached hydrogen (secondary N) is 1. The van der Waals surface area contributed by atoms with Crippen molar-refractivity contribution in [3.8, 4) is 0 Å². The van der Waals surface area contributed by atoms with Crippen LogP contribution in [0.25, 0.3) is 0 Å². The van der Waals surface area contributed by atoms with E-state index < -0.39 is 0 Å². The van der Waals surface area contributed by atoms with Gasteiger partial charge >= 0.3 is 0 Å². The van der Waals surface area contributed by atoms with Crippen molar-refractivity contribution in [3.05, 3.63) is 0 Å². The van der Waals surface area contributed by atoms with Crippen LogP contribution in [0.3, 0.4) is 0 Å². The van der Waals surface area contributed by atoms with Gasteiger partial charge in [-0.1, -0.05) is 0 Å². The summed E-state index contributed by atoms with van der Waals surface area (Å²) in [5, 5.41) is 3.15. The van der Waals surface area contributed by atoms with Crippen molar-refractivity contribution in [2.24, 2.45) is 0 Å². The fraction of sp³-hybridized carbons (Fsp3) is 0.833. The zero-order valence-corrected chi connectivity index (χ0v) is 11.0. The minimum Gasteiger partial charge on any atom is -0.342 e. The van der Waals surface area contributed by atoms with Gasteiger partial charge in [0, 0.05) is 20.1 Å². The number of likely N-dealkylation sites (N-methyl/N-ethyl adjacent to an activating group) is 2. The van der Waals surface area contributed by atoms with Crippen molar-refractivity contribution in [1.82, 2.24) is 15.1 Å². The molecule has 0 bridgehead atoms. The van der Waals surface area contributed by atoms with Gasteiger partial charge in [0.1, 0.15) is 0 Å². The lowest BCUT2D eigenvalue weighted by atomic mass is 10.2. The van der Waals surface area contributed by atoms with Gasteiger partial charge in [0.2, 0.25) is 11.8 Å². The lowest BCUT2D eigenvalue weighted by Gasteiger charge is -2.25. The van der Waals surface area contributed by atoms with Gasteiger partial charge < -0.3 is 15.1 Å². The highest BCUT2D eigenvalue weighted by Gasteiger charge is 2.26. The van der Waals surface area contributed by atoms with Crippen LogP contribution in [0.5, 0.6) is 0 Å². The Labute approximate surface area is 103 Å². The summed E-state index contributed by atoms with van der Waals surface area (Å²) in [4.78, 5) is 27.1. The summed E-state index contributed by atoms with van der Waals surface area (Å²) in [5.41, 5.74) is 0. The summed E-state index contributed by atoms with van der Waals surface area (Å²) >= 11 is 0. The quantitative estimate of drug-likeness (QED) is 0.741. The van der Waals surface area contributed by atoms with Crippen molar-refractivity contribution in [2.75, 3.05) is 33.2 Å². The third kappa shape index (κ3) is 3.70. The van der Waals surface area contributed by atoms with Gasteiger partial charge in [0.25, 0.3) is 0 Å². The lowest BCUT2D eigenvalue weighted by Crippen LogP contribution is -2.46. The number of hydrogen-bond donors (Lipinski definition) is 1. The van der Waals surface area contributed by atoms with E-state index in [2.05, 4.69) is 5.32 Å². The van der Waals surface area contributed by atoms with E-state index in [0.29, 0.717) is 13.1 Å². The molecule has 1 aliphatic rings. The van der Waals surface area contributed by atoms with E-state index in [9.17, 15) is 9.59 Å². The second-order valence-corrected chi connectivity index (χ2v) is 4.41. The fourth-order valence-electron chi connectivity index (χ4n) is 2.12. The molecule has 98 valence electrons. The Morgan fingerprint density at radius 2 is 1.94 bits per heavy atom. The van der Waals surface area contributed by atoms with Gasteiger partial charge in [-0.25, -0.2) is 0 Å². The van der Waals surface area contributed by atoms with Gasteiger partial charge in [-0.3, -0.25) is 9.59 Å². The molecule has 2 amide bonds. The number of rotatable bonds is 5. The third-order valence-electron chi connectivity index (χ3n) is 3.22. The minimum atomic E-state index is -0.0931. The number of carbonyl (C=O) groups excluding carboxylic acids is 2. The summed E-state index contributed by atoms with van der Waals surface area (Å²) in [6.07, 6.45) is 1.91. The smallest absolute Gasteiger partial charge is 0.242 e. The van der Waals surface area contributed by atoms with Gasteiger partial charge in [0.05, 0.1) is 12.6 Å². The Balaban J connectivity index is 2.44. The molecule has 1 heterocycles. The predicted molar refractivity (Wildman–Crippen MR) is 66.6 cm³/mol. The highest BCUT2D eigenvalue weighted by molar-refractivity contribution is 5.87. The maximum Gasteiger partial charge on any atom is 0.242 e. The van der Waals surface area contributed by atoms with E-state index in [-0.39, 0.29) is 24.4 Å². The standard InChI is InChI=1S/C12H23N3O2/c1-4-15(5-2)11(16)9-14(3)12(17)10-7-6-8-13-10/h10,13H,4-9H2,1-3H3. The van der Waals surface area contributed by atoms with Crippen LogP contribution >= 0.6 is 0 Å². The molecule has 0 spiro atoms. The molecule has 1 aliphatic heterocycles. The molecule has 5 nitrogen and oxygen atoms in total. The van der Waals surface area contributed by atoms with Crippen molar-refractivity contribution in [1.29, 1.82) is 0 Å². The van der Waals surface area contributed by atoms with Gasteiger partial charge in [-0.05, 0) is 33.2 Å². The third-order valence-corrected chi connectivity index (χ3v) is 3.22. The predicted octanol–water partition coefficient (Wildman–Crippen LogP) is 0.0652. The number of amides is 2. The van der Waals surface area contributed by atoms with Crippen LogP contribution in [-0.2, 0) is 9.59 Å². The molecule has 1 saturated heterocycles. The van der Waals surface area contributed by atoms with Gasteiger partial charge in [-0.15, -0.1) is 0 Å². The summed E-state index contributed by atoms with van der Waals surface area (Å²) in [6, 6.07) is -0.0931. The maximum absolute atomic E-state index is 12.0. The van der Waals surface area contributed by atoms with Crippen LogP contribution in [0.2, 0.25) is 0 Å². The second kappa shape index (κ2) is 6.59. The van der Waals surface area contributed by atoms with Crippen molar-refractivity contribution < 1.29 is 9.59 Å². The first-order chi connectivity index (χ1) is 8.10. The highest BCUT2D eigenvalue weighted by Crippen LogP contribution is 2.07. The summed E-state index contributed by atoms with van der Waals surface area (Å²) < 4.78 is 0. The van der Waals surface area contributed by atoms with Crippen LogP contribution in [0, 0.1) is 0 Å². The largest absolute Gasteiger partial charge is 0.342 e. The average Bonchev–Trinajstić information content (AvgIpc) is 2.83. The van der Waals surface area contributed by atoms with E-state index in [1.54, 1.807) is 11.9 Å². The van der Waals surface area contributed by atoms with Crippen LogP contribution in [-0.4, -0.2) is 60.9 Å². The highest BCUT2D eigenvalue weighted by atomic mass is 16.2. The molecule has 0 aromatic rings. The molecule has 0 aromatic carbocycles. The molecule has 1 atom stereocenters. The Kier molecular flexibility index (Phi) is 5.41. The molecule has 0 aromatic heterocycles. The lowest BCUT2D eigenvalue weighted by molar-refractivity contribution is -0.140. The van der Waals surface area contributed by atoms with E-state index in [4.69, 9.17) is 0 Å². The first-order valence-corrected chi connectivity index (χ1v) is 6.36. The van der Waals surface area contributed by atoms with Crippen molar-refractivity contribution in [3.63, 3.8) is 0 Å². The van der Waals surface area contributed by atoms with Crippen molar-refractivity contribution >= 4 is 11.8 Å². The van der Waals surface area contributed by atoms with Crippen LogP contribution in [0.15, 0.2) is 0 Å². The molecule has 1 fully saturated rings. The molecule has 1 unspecified atom stereocenters. The van der Waals surface area contributed by atoms with E-state index in [1.165, 1.54) is 4.90 Å². The first-order valence-electron chi connectivity index (χ1n) is 6.36. The van der Waals surface area contributed by atoms with E-state index >= 15 is 0 Å². The zero-order valence-electron chi connectivity index (χ0n) is 11.0. The Morgan fingerprint density at radius 1 is 1.29 bits per heavy atom. The maximum atomic E-state index is 12.0. The number of nitrogens with zero attached hydrogens (tertiary/aromatic N) is 2. The molecule has 0 aliphatic carbocycles. The molecular formula is C12H23N3O2. The normalized spacial score (nSPS) is 19.1. The topological polar surface area (TPSA) is 52.7 Å². The molecule has 0 radical (unpaired) electrons. The molecule has 1 rings (SSSR count). The van der Waals surface area contributed by atoms with Gasteiger partial charge in [0.15, 0.2) is 0 Å². The second-order valence-electron chi connectivity index (χ2n) is 4.41. The molecule has 5 heteroatoms. The molecule has 0 saturated carbocycles. The number of hydrogen-bond acceptors (Lipinski definition) is 3. The first kappa shape index (κ1) is 14.0. The average molecular weight is 241 g/mol. The van der Waals surface area contributed by atoms with E-state index in [0.717, 1.165) is 19.4 Å². The minimum absolute atomic E-state index is 0.0175. The van der Waals surface area contributed by atoms with Crippen molar-refractivity contribution in [2.45, 2.75) is 32.7 Å². The van der Waals surface area contributed by atoms with E-state index in [1.807, 2.05) is 13.8 Å². The summed E-state index contributed by atoms with van der Waals surface area (Å²) in [5.74, 6) is 0.0480. The number of carbonyl (C=O) groups is 2. The monoisotopic (exact) mass is 241 g/mol. The van der Waals surface area contributed by atoms with Crippen LogP contribution in [0.4, 0.5) is 0 Å². The SMILES string of the molecule is CCN(CC)C(=O)CN(C)C(=O)C1CCCN1. The Hall–Kier alpha value is -1.10. The molecular weight excluding hydrogens is 218 g/mol. The molecule has 1 N–H and O–H groups in total. The fourth-order valence-corrected chi connectivity index (χ4v) is 2.12. The summed E-state index contributed by atoms with van der Waals surface area (Å²) in [7, 11) is 1.70. The Bertz CT molecular complexity index is 271. The van der Waals surface area contributed by atoms with Crippen LogP contribution in [0.1, 0.15) is 26.7 Å². The van der Waals surface area contributed by atoms with Gasteiger partial charge in [-0.2, -0.15) is 0 Å².